The molecule has 2 nitrogen and oxygen atoms in total. The van der Waals surface area contributed by atoms with Crippen LogP contribution in [0.2, 0.25) is 12.1 Å². The first-order valence-corrected chi connectivity index (χ1v) is 10.3. The molecule has 2 aliphatic rings. The van der Waals surface area contributed by atoms with E-state index in [1.54, 1.807) is 0 Å². The molecule has 0 aliphatic heterocycles. The maximum Gasteiger partial charge on any atom is 0.338 e. The summed E-state index contributed by atoms with van der Waals surface area (Å²) >= 11 is 0. The molecule has 2 rings (SSSR count). The topological polar surface area (TPSA) is 18.5 Å². The van der Waals surface area contributed by atoms with Gasteiger partial charge in [0.2, 0.25) is 0 Å². The van der Waals surface area contributed by atoms with E-state index in [4.69, 9.17) is 8.85 Å². The number of hydrogen-bond acceptors (Lipinski definition) is 2. The summed E-state index contributed by atoms with van der Waals surface area (Å²) in [5, 5.41) is 0. The molecule has 18 heavy (non-hydrogen) atoms. The Balaban J connectivity index is 1.94. The van der Waals surface area contributed by atoms with E-state index in [0.717, 1.165) is 25.0 Å². The summed E-state index contributed by atoms with van der Waals surface area (Å²) in [4.78, 5) is 0. The first-order valence-electron chi connectivity index (χ1n) is 8.06. The summed E-state index contributed by atoms with van der Waals surface area (Å²) in [5.74, 6) is 1.82. The van der Waals surface area contributed by atoms with E-state index in [1.165, 1.54) is 57.0 Å². The smallest absolute Gasteiger partial charge is 0.338 e. The molecule has 0 aromatic rings. The maximum atomic E-state index is 6.24. The van der Waals surface area contributed by atoms with Crippen molar-refractivity contribution in [2.75, 3.05) is 13.2 Å². The van der Waals surface area contributed by atoms with Crippen LogP contribution in [0.4, 0.5) is 0 Å². The molecular weight excluding hydrogens is 240 g/mol. The summed E-state index contributed by atoms with van der Waals surface area (Å²) in [5.41, 5.74) is 0. The molecule has 0 spiro atoms. The Kier molecular flexibility index (Phi) is 5.71. The Morgan fingerprint density at radius 1 is 0.778 bits per heavy atom. The van der Waals surface area contributed by atoms with Gasteiger partial charge in [-0.2, -0.15) is 0 Å². The van der Waals surface area contributed by atoms with Crippen molar-refractivity contribution in [1.29, 1.82) is 0 Å². The van der Waals surface area contributed by atoms with Crippen LogP contribution in [0.5, 0.6) is 0 Å². The summed E-state index contributed by atoms with van der Waals surface area (Å²) in [6.45, 7) is 5.94. The Labute approximate surface area is 114 Å². The predicted octanol–water partition coefficient (Wildman–Crippen LogP) is 4.49. The summed E-state index contributed by atoms with van der Waals surface area (Å²) in [7, 11) is -1.88. The zero-order chi connectivity index (χ0) is 12.8. The molecule has 3 heteroatoms. The van der Waals surface area contributed by atoms with Gasteiger partial charge in [0.15, 0.2) is 0 Å². The third kappa shape index (κ3) is 4.36. The van der Waals surface area contributed by atoms with Crippen molar-refractivity contribution < 1.29 is 8.85 Å². The van der Waals surface area contributed by atoms with Crippen LogP contribution in [0, 0.1) is 11.8 Å². The van der Waals surface area contributed by atoms with E-state index >= 15 is 0 Å². The highest BCUT2D eigenvalue weighted by atomic mass is 28.4. The highest BCUT2D eigenvalue weighted by Gasteiger charge is 2.44. The van der Waals surface area contributed by atoms with E-state index in [1.807, 2.05) is 0 Å². The average Bonchev–Trinajstić information content (AvgIpc) is 3.15. The first-order chi connectivity index (χ1) is 8.78. The number of hydrogen-bond donors (Lipinski definition) is 0. The molecular formula is C15H30O2Si. The molecule has 0 radical (unpaired) electrons. The van der Waals surface area contributed by atoms with Gasteiger partial charge in [-0.05, 0) is 37.8 Å². The van der Waals surface area contributed by atoms with Gasteiger partial charge in [-0.1, -0.05) is 44.9 Å². The Morgan fingerprint density at radius 3 is 1.72 bits per heavy atom. The van der Waals surface area contributed by atoms with Crippen LogP contribution in [0.3, 0.4) is 0 Å². The quantitative estimate of drug-likeness (QED) is 0.605. The van der Waals surface area contributed by atoms with Crippen LogP contribution >= 0.6 is 0 Å². The lowest BCUT2D eigenvalue weighted by atomic mass is 9.91. The lowest BCUT2D eigenvalue weighted by Gasteiger charge is -2.34. The fourth-order valence-electron chi connectivity index (χ4n) is 3.48. The van der Waals surface area contributed by atoms with Crippen LogP contribution in [0.15, 0.2) is 0 Å². The molecule has 0 saturated heterocycles. The van der Waals surface area contributed by atoms with Crippen molar-refractivity contribution in [2.45, 2.75) is 70.9 Å². The average molecular weight is 270 g/mol. The molecule has 2 fully saturated rings. The largest absolute Gasteiger partial charge is 0.394 e. The summed E-state index contributed by atoms with van der Waals surface area (Å²) in [6, 6.07) is 2.54. The Morgan fingerprint density at radius 2 is 1.28 bits per heavy atom. The fraction of sp³-hybridized carbons (Fsp3) is 1.00. The van der Waals surface area contributed by atoms with Crippen LogP contribution < -0.4 is 0 Å². The van der Waals surface area contributed by atoms with Crippen LogP contribution in [-0.4, -0.2) is 21.8 Å². The standard InChI is InChI=1S/C15H30O2Si/c1-3-16-18(17-4-2,13-15-10-11-15)12-14-8-6-5-7-9-14/h14-15H,3-13H2,1-2H3. The molecule has 106 valence electrons. The van der Waals surface area contributed by atoms with Crippen molar-refractivity contribution in [1.82, 2.24) is 0 Å². The van der Waals surface area contributed by atoms with E-state index in [2.05, 4.69) is 13.8 Å². The van der Waals surface area contributed by atoms with Gasteiger partial charge in [-0.3, -0.25) is 0 Å². The van der Waals surface area contributed by atoms with Crippen molar-refractivity contribution in [3.8, 4) is 0 Å². The second-order valence-corrected chi connectivity index (χ2v) is 9.35. The molecule has 0 atom stereocenters. The Bertz CT molecular complexity index is 229. The van der Waals surface area contributed by atoms with Gasteiger partial charge in [0, 0.05) is 13.2 Å². The summed E-state index contributed by atoms with van der Waals surface area (Å²) < 4.78 is 12.5. The van der Waals surface area contributed by atoms with E-state index in [-0.39, 0.29) is 0 Å². The SMILES string of the molecule is CCO[Si](CC1CCCCC1)(CC1CC1)OCC. The molecule has 2 saturated carbocycles. The monoisotopic (exact) mass is 270 g/mol. The van der Waals surface area contributed by atoms with Gasteiger partial charge in [-0.15, -0.1) is 0 Å². The maximum absolute atomic E-state index is 6.24. The number of rotatable bonds is 8. The highest BCUT2D eigenvalue weighted by molar-refractivity contribution is 6.67. The first kappa shape index (κ1) is 14.5. The van der Waals surface area contributed by atoms with E-state index < -0.39 is 8.56 Å². The molecule has 0 aromatic carbocycles. The molecule has 0 N–H and O–H groups in total. The fourth-order valence-corrected chi connectivity index (χ4v) is 7.83. The van der Waals surface area contributed by atoms with Gasteiger partial charge < -0.3 is 8.85 Å². The van der Waals surface area contributed by atoms with Crippen molar-refractivity contribution in [2.24, 2.45) is 11.8 Å². The van der Waals surface area contributed by atoms with Crippen molar-refractivity contribution in [3.63, 3.8) is 0 Å². The van der Waals surface area contributed by atoms with Crippen LogP contribution in [-0.2, 0) is 8.85 Å². The molecule has 0 heterocycles. The van der Waals surface area contributed by atoms with Gasteiger partial charge in [-0.25, -0.2) is 0 Å². The van der Waals surface area contributed by atoms with Crippen molar-refractivity contribution in [3.05, 3.63) is 0 Å². The predicted molar refractivity (Wildman–Crippen MR) is 77.9 cm³/mol. The lowest BCUT2D eigenvalue weighted by molar-refractivity contribution is 0.171. The summed E-state index contributed by atoms with van der Waals surface area (Å²) in [6.07, 6.45) is 9.96. The molecule has 0 aromatic heterocycles. The van der Waals surface area contributed by atoms with Crippen LogP contribution in [0.25, 0.3) is 0 Å². The third-order valence-corrected chi connectivity index (χ3v) is 8.46. The molecule has 2 aliphatic carbocycles. The second kappa shape index (κ2) is 7.06. The molecule has 0 bridgehead atoms. The third-order valence-electron chi connectivity index (χ3n) is 4.44. The van der Waals surface area contributed by atoms with Gasteiger partial charge >= 0.3 is 8.56 Å². The minimum atomic E-state index is -1.88. The van der Waals surface area contributed by atoms with E-state index in [9.17, 15) is 0 Å². The normalized spacial score (nSPS) is 22.3. The minimum Gasteiger partial charge on any atom is -0.394 e. The zero-order valence-corrected chi connectivity index (χ0v) is 13.2. The Hall–Kier alpha value is 0.137. The minimum absolute atomic E-state index is 0.839. The highest BCUT2D eigenvalue weighted by Crippen LogP contribution is 2.42. The van der Waals surface area contributed by atoms with Gasteiger partial charge in [0.25, 0.3) is 0 Å². The second-order valence-electron chi connectivity index (χ2n) is 6.13. The van der Waals surface area contributed by atoms with Gasteiger partial charge in [0.05, 0.1) is 0 Å². The van der Waals surface area contributed by atoms with Crippen molar-refractivity contribution >= 4 is 8.56 Å². The zero-order valence-electron chi connectivity index (χ0n) is 12.2. The lowest BCUT2D eigenvalue weighted by Crippen LogP contribution is -2.44. The van der Waals surface area contributed by atoms with Crippen LogP contribution in [0.1, 0.15) is 58.8 Å². The molecule has 0 unspecified atom stereocenters. The van der Waals surface area contributed by atoms with E-state index in [0.29, 0.717) is 0 Å². The molecule has 0 amide bonds. The van der Waals surface area contributed by atoms with Gasteiger partial charge in [0.1, 0.15) is 0 Å².